The van der Waals surface area contributed by atoms with Crippen LogP contribution < -0.4 is 9.62 Å². The Hall–Kier alpha value is -2.89. The van der Waals surface area contributed by atoms with E-state index in [9.17, 15) is 28.1 Å². The topological polar surface area (TPSA) is 130 Å². The van der Waals surface area contributed by atoms with Crippen LogP contribution in [-0.2, 0) is 26.2 Å². The van der Waals surface area contributed by atoms with Crippen LogP contribution in [0.3, 0.4) is 0 Å². The molecule has 0 aliphatic carbocycles. The number of amides is 2. The number of carbonyl (C=O) groups excluding carboxylic acids is 2. The highest BCUT2D eigenvalue weighted by molar-refractivity contribution is 7.92. The molecule has 0 saturated carbocycles. The van der Waals surface area contributed by atoms with E-state index >= 15 is 0 Å². The van der Waals surface area contributed by atoms with Crippen molar-refractivity contribution in [2.75, 3.05) is 17.1 Å². The van der Waals surface area contributed by atoms with E-state index in [-0.39, 0.29) is 29.0 Å². The van der Waals surface area contributed by atoms with Gasteiger partial charge in [0.05, 0.1) is 26.9 Å². The summed E-state index contributed by atoms with van der Waals surface area (Å²) < 4.78 is 25.9. The molecule has 10 nitrogen and oxygen atoms in total. The van der Waals surface area contributed by atoms with Crippen LogP contribution >= 0.6 is 23.2 Å². The fourth-order valence-corrected chi connectivity index (χ4v) is 4.42. The first kappa shape index (κ1) is 29.3. The van der Waals surface area contributed by atoms with Crippen LogP contribution in [0.15, 0.2) is 42.5 Å². The quantitative estimate of drug-likeness (QED) is 0.327. The van der Waals surface area contributed by atoms with E-state index in [1.54, 1.807) is 18.2 Å². The molecule has 0 heterocycles. The zero-order chi connectivity index (χ0) is 27.2. The van der Waals surface area contributed by atoms with E-state index in [2.05, 4.69) is 5.32 Å². The predicted molar refractivity (Wildman–Crippen MR) is 140 cm³/mol. The Balaban J connectivity index is 2.45. The Morgan fingerprint density at radius 3 is 2.33 bits per heavy atom. The van der Waals surface area contributed by atoms with E-state index in [0.717, 1.165) is 16.6 Å². The maximum atomic E-state index is 13.5. The average molecular weight is 559 g/mol. The number of non-ortho nitro benzene ring substituents is 1. The first-order valence-electron chi connectivity index (χ1n) is 11.0. The summed E-state index contributed by atoms with van der Waals surface area (Å²) in [7, 11) is -4.02. The van der Waals surface area contributed by atoms with E-state index in [4.69, 9.17) is 23.2 Å². The second-order valence-electron chi connectivity index (χ2n) is 8.31. The third-order valence-corrected chi connectivity index (χ3v) is 7.39. The van der Waals surface area contributed by atoms with Gasteiger partial charge in [-0.25, -0.2) is 8.42 Å². The summed E-state index contributed by atoms with van der Waals surface area (Å²) in [6.07, 6.45) is 1.56. The summed E-state index contributed by atoms with van der Waals surface area (Å²) in [5, 5.41) is 14.6. The number of hydrogen-bond acceptors (Lipinski definition) is 6. The fraction of sp³-hybridized carbons (Fsp3) is 0.391. The Bertz CT molecular complexity index is 1240. The van der Waals surface area contributed by atoms with E-state index in [1.165, 1.54) is 30.0 Å². The minimum atomic E-state index is -4.02. The number of rotatable bonds is 11. The fourth-order valence-electron chi connectivity index (χ4n) is 3.26. The first-order valence-corrected chi connectivity index (χ1v) is 13.6. The van der Waals surface area contributed by atoms with Crippen molar-refractivity contribution >= 4 is 56.4 Å². The number of nitro groups is 1. The van der Waals surface area contributed by atoms with Gasteiger partial charge < -0.3 is 10.2 Å². The zero-order valence-electron chi connectivity index (χ0n) is 20.3. The predicted octanol–water partition coefficient (Wildman–Crippen LogP) is 4.00. The molecule has 0 aliphatic rings. The van der Waals surface area contributed by atoms with Crippen molar-refractivity contribution in [3.8, 4) is 0 Å². The Morgan fingerprint density at radius 1 is 1.11 bits per heavy atom. The summed E-state index contributed by atoms with van der Waals surface area (Å²) >= 11 is 12.1. The Labute approximate surface area is 220 Å². The van der Waals surface area contributed by atoms with Crippen molar-refractivity contribution in [2.45, 2.75) is 45.8 Å². The molecule has 0 fully saturated rings. The van der Waals surface area contributed by atoms with Crippen LogP contribution in [0, 0.1) is 10.1 Å². The van der Waals surface area contributed by atoms with Gasteiger partial charge in [-0.05, 0) is 44.0 Å². The summed E-state index contributed by atoms with van der Waals surface area (Å²) in [4.78, 5) is 38.1. The maximum Gasteiger partial charge on any atom is 0.271 e. The van der Waals surface area contributed by atoms with Gasteiger partial charge in [0.2, 0.25) is 21.8 Å². The second kappa shape index (κ2) is 12.4. The van der Waals surface area contributed by atoms with Crippen LogP contribution in [0.4, 0.5) is 11.4 Å². The van der Waals surface area contributed by atoms with Gasteiger partial charge in [-0.3, -0.25) is 24.0 Å². The number of halogens is 2. The van der Waals surface area contributed by atoms with Crippen molar-refractivity contribution in [3.05, 3.63) is 68.2 Å². The SMILES string of the molecule is CC[C@H](C)NC(=O)[C@H](C)N(Cc1ccc(Cl)c(Cl)c1)C(=O)CN(c1cccc([N+](=O)[O-])c1)S(C)(=O)=O. The van der Waals surface area contributed by atoms with E-state index in [0.29, 0.717) is 17.0 Å². The highest BCUT2D eigenvalue weighted by Gasteiger charge is 2.31. The molecule has 2 rings (SSSR count). The molecule has 0 aromatic heterocycles. The molecule has 13 heteroatoms. The van der Waals surface area contributed by atoms with Crippen LogP contribution in [0.5, 0.6) is 0 Å². The Morgan fingerprint density at radius 2 is 1.78 bits per heavy atom. The number of anilines is 1. The number of nitrogens with one attached hydrogen (secondary N) is 1. The van der Waals surface area contributed by atoms with Gasteiger partial charge >= 0.3 is 0 Å². The minimum absolute atomic E-state index is 0.0498. The molecule has 0 spiro atoms. The number of carbonyl (C=O) groups is 2. The molecule has 2 atom stereocenters. The smallest absolute Gasteiger partial charge is 0.271 e. The van der Waals surface area contributed by atoms with Crippen LogP contribution in [0.25, 0.3) is 0 Å². The molecular weight excluding hydrogens is 531 g/mol. The van der Waals surface area contributed by atoms with Crippen LogP contribution in [0.1, 0.15) is 32.8 Å². The van der Waals surface area contributed by atoms with Crippen molar-refractivity contribution < 1.29 is 22.9 Å². The lowest BCUT2D eigenvalue weighted by atomic mass is 10.1. The second-order valence-corrected chi connectivity index (χ2v) is 11.0. The molecule has 0 unspecified atom stereocenters. The third-order valence-electron chi connectivity index (χ3n) is 5.51. The van der Waals surface area contributed by atoms with Gasteiger partial charge in [0, 0.05) is 24.7 Å². The monoisotopic (exact) mass is 558 g/mol. The molecule has 1 N–H and O–H groups in total. The molecule has 36 heavy (non-hydrogen) atoms. The van der Waals surface area contributed by atoms with Gasteiger partial charge in [-0.2, -0.15) is 0 Å². The van der Waals surface area contributed by atoms with Gasteiger partial charge in [0.25, 0.3) is 5.69 Å². The minimum Gasteiger partial charge on any atom is -0.352 e. The lowest BCUT2D eigenvalue weighted by Gasteiger charge is -2.32. The third kappa shape index (κ3) is 7.81. The van der Waals surface area contributed by atoms with Crippen molar-refractivity contribution in [1.82, 2.24) is 10.2 Å². The molecule has 2 aromatic carbocycles. The maximum absolute atomic E-state index is 13.5. The summed E-state index contributed by atoms with van der Waals surface area (Å²) in [5.74, 6) is -1.11. The molecule has 2 aromatic rings. The molecule has 0 saturated heterocycles. The van der Waals surface area contributed by atoms with Gasteiger partial charge in [0.1, 0.15) is 12.6 Å². The molecule has 0 radical (unpaired) electrons. The number of benzene rings is 2. The normalized spacial score (nSPS) is 12.9. The number of hydrogen-bond donors (Lipinski definition) is 1. The van der Waals surface area contributed by atoms with Crippen molar-refractivity contribution in [3.63, 3.8) is 0 Å². The number of nitro benzene ring substituents is 1. The standard InChI is InChI=1S/C23H28Cl2N4O6S/c1-5-15(2)26-23(31)16(3)27(13-17-9-10-20(24)21(25)11-17)22(30)14-28(36(4,34)35)18-7-6-8-19(12-18)29(32)33/h6-12,15-16H,5,13-14H2,1-4H3,(H,26,31)/t15-,16-/m0/s1. The lowest BCUT2D eigenvalue weighted by Crippen LogP contribution is -2.52. The van der Waals surface area contributed by atoms with Gasteiger partial charge in [-0.1, -0.05) is 42.3 Å². The summed E-state index contributed by atoms with van der Waals surface area (Å²) in [5.41, 5.74) is 0.191. The van der Waals surface area contributed by atoms with Crippen LogP contribution in [0.2, 0.25) is 10.0 Å². The molecule has 0 aliphatic heterocycles. The zero-order valence-corrected chi connectivity index (χ0v) is 22.6. The van der Waals surface area contributed by atoms with Crippen molar-refractivity contribution in [1.29, 1.82) is 0 Å². The summed E-state index contributed by atoms with van der Waals surface area (Å²) in [6.45, 7) is 4.52. The van der Waals surface area contributed by atoms with E-state index < -0.39 is 39.3 Å². The van der Waals surface area contributed by atoms with Crippen LogP contribution in [-0.4, -0.2) is 54.9 Å². The number of sulfonamides is 1. The first-order chi connectivity index (χ1) is 16.7. The molecule has 0 bridgehead atoms. The average Bonchev–Trinajstić information content (AvgIpc) is 2.81. The molecule has 2 amide bonds. The van der Waals surface area contributed by atoms with Gasteiger partial charge in [0.15, 0.2) is 0 Å². The van der Waals surface area contributed by atoms with E-state index in [1.807, 2.05) is 13.8 Å². The lowest BCUT2D eigenvalue weighted by molar-refractivity contribution is -0.384. The highest BCUT2D eigenvalue weighted by atomic mass is 35.5. The molecule has 196 valence electrons. The van der Waals surface area contributed by atoms with Gasteiger partial charge in [-0.15, -0.1) is 0 Å². The highest BCUT2D eigenvalue weighted by Crippen LogP contribution is 2.26. The Kier molecular flexibility index (Phi) is 10.1. The van der Waals surface area contributed by atoms with Crippen molar-refractivity contribution in [2.24, 2.45) is 0 Å². The largest absolute Gasteiger partial charge is 0.352 e. The number of nitrogens with zero attached hydrogens (tertiary/aromatic N) is 3. The molecular formula is C23H28Cl2N4O6S. The summed E-state index contributed by atoms with van der Waals surface area (Å²) in [6, 6.07) is 8.60.